The van der Waals surface area contributed by atoms with Crippen molar-refractivity contribution in [2.24, 2.45) is 0 Å². The van der Waals surface area contributed by atoms with Gasteiger partial charge in [0.25, 0.3) is 0 Å². The topological polar surface area (TPSA) is 58.2 Å². The van der Waals surface area contributed by atoms with Gasteiger partial charge in [-0.15, -0.1) is 0 Å². The predicted octanol–water partition coefficient (Wildman–Crippen LogP) is 1.84. The summed E-state index contributed by atoms with van der Waals surface area (Å²) in [6.45, 7) is 5.13. The van der Waals surface area contributed by atoms with Gasteiger partial charge in [0, 0.05) is 19.1 Å². The van der Waals surface area contributed by atoms with Gasteiger partial charge in [0.15, 0.2) is 0 Å². The smallest absolute Gasteiger partial charge is 0.240 e. The van der Waals surface area contributed by atoms with Gasteiger partial charge in [-0.1, -0.05) is 19.9 Å². The maximum absolute atomic E-state index is 12.2. The number of hydrogen-bond acceptors (Lipinski definition) is 3. The van der Waals surface area contributed by atoms with Crippen molar-refractivity contribution in [3.63, 3.8) is 0 Å². The molecular formula is C15H24N2O2S. The third-order valence-electron chi connectivity index (χ3n) is 3.60. The number of rotatable bonds is 6. The lowest BCUT2D eigenvalue weighted by molar-refractivity contribution is 0.559. The maximum Gasteiger partial charge on any atom is 0.240 e. The van der Waals surface area contributed by atoms with E-state index in [-0.39, 0.29) is 0 Å². The lowest BCUT2D eigenvalue weighted by Crippen LogP contribution is -2.34. The summed E-state index contributed by atoms with van der Waals surface area (Å²) in [7, 11) is -3.38. The molecule has 20 heavy (non-hydrogen) atoms. The van der Waals surface area contributed by atoms with Gasteiger partial charge in [-0.05, 0) is 48.9 Å². The van der Waals surface area contributed by atoms with Crippen molar-refractivity contribution < 1.29 is 8.42 Å². The summed E-state index contributed by atoms with van der Waals surface area (Å²) in [6.07, 6.45) is 4.43. The van der Waals surface area contributed by atoms with Crippen molar-refractivity contribution in [1.82, 2.24) is 10.0 Å². The molecule has 0 heterocycles. The zero-order valence-electron chi connectivity index (χ0n) is 12.3. The molecule has 0 radical (unpaired) electrons. The van der Waals surface area contributed by atoms with Crippen LogP contribution in [-0.4, -0.2) is 27.5 Å². The number of fused-ring (bicyclic) bond motifs is 1. The second-order valence-corrected chi connectivity index (χ2v) is 7.41. The van der Waals surface area contributed by atoms with E-state index in [0.29, 0.717) is 24.0 Å². The van der Waals surface area contributed by atoms with Crippen molar-refractivity contribution in [2.45, 2.75) is 50.5 Å². The minimum atomic E-state index is -3.38. The summed E-state index contributed by atoms with van der Waals surface area (Å²) in [4.78, 5) is 0.391. The van der Waals surface area contributed by atoms with Crippen molar-refractivity contribution in [2.75, 3.05) is 13.1 Å². The van der Waals surface area contributed by atoms with Crippen molar-refractivity contribution in [3.05, 3.63) is 29.3 Å². The quantitative estimate of drug-likeness (QED) is 0.788. The number of hydrogen-bond donors (Lipinski definition) is 2. The van der Waals surface area contributed by atoms with Crippen LogP contribution >= 0.6 is 0 Å². The lowest BCUT2D eigenvalue weighted by Gasteiger charge is -2.17. The molecule has 5 heteroatoms. The highest BCUT2D eigenvalue weighted by Gasteiger charge is 2.17. The first-order chi connectivity index (χ1) is 9.49. The van der Waals surface area contributed by atoms with Crippen LogP contribution in [0.5, 0.6) is 0 Å². The summed E-state index contributed by atoms with van der Waals surface area (Å²) in [5, 5.41) is 3.19. The standard InChI is InChI=1S/C15H24N2O2S/c1-12(2)16-9-10-17-20(18,19)15-8-7-13-5-3-4-6-14(13)11-15/h7-8,11-12,16-17H,3-6,9-10H2,1-2H3. The van der Waals surface area contributed by atoms with E-state index in [4.69, 9.17) is 0 Å². The SMILES string of the molecule is CC(C)NCCNS(=O)(=O)c1ccc2c(c1)CCCC2. The van der Waals surface area contributed by atoms with E-state index >= 15 is 0 Å². The first-order valence-corrected chi connectivity index (χ1v) is 8.82. The third-order valence-corrected chi connectivity index (χ3v) is 5.06. The van der Waals surface area contributed by atoms with Gasteiger partial charge in [-0.25, -0.2) is 13.1 Å². The van der Waals surface area contributed by atoms with E-state index in [1.807, 2.05) is 26.0 Å². The van der Waals surface area contributed by atoms with E-state index in [1.165, 1.54) is 17.5 Å². The van der Waals surface area contributed by atoms with Crippen LogP contribution in [0.1, 0.15) is 37.8 Å². The van der Waals surface area contributed by atoms with E-state index in [0.717, 1.165) is 19.3 Å². The van der Waals surface area contributed by atoms with Crippen LogP contribution in [0, 0.1) is 0 Å². The lowest BCUT2D eigenvalue weighted by atomic mass is 9.92. The summed E-state index contributed by atoms with van der Waals surface area (Å²) in [5.74, 6) is 0. The number of aryl methyl sites for hydroxylation is 2. The molecule has 0 amide bonds. The van der Waals surface area contributed by atoms with Crippen LogP contribution < -0.4 is 10.0 Å². The first-order valence-electron chi connectivity index (χ1n) is 7.34. The highest BCUT2D eigenvalue weighted by atomic mass is 32.2. The molecule has 2 rings (SSSR count). The Kier molecular flexibility index (Phi) is 5.18. The zero-order valence-corrected chi connectivity index (χ0v) is 13.1. The predicted molar refractivity (Wildman–Crippen MR) is 81.4 cm³/mol. The zero-order chi connectivity index (χ0) is 14.6. The van der Waals surface area contributed by atoms with Crippen molar-refractivity contribution in [1.29, 1.82) is 0 Å². The summed E-state index contributed by atoms with van der Waals surface area (Å²) < 4.78 is 27.1. The average molecular weight is 296 g/mol. The summed E-state index contributed by atoms with van der Waals surface area (Å²) >= 11 is 0. The Hall–Kier alpha value is -0.910. The second-order valence-electron chi connectivity index (χ2n) is 5.64. The van der Waals surface area contributed by atoms with Gasteiger partial charge in [-0.2, -0.15) is 0 Å². The number of sulfonamides is 1. The molecule has 4 nitrogen and oxygen atoms in total. The fraction of sp³-hybridized carbons (Fsp3) is 0.600. The fourth-order valence-electron chi connectivity index (χ4n) is 2.51. The second kappa shape index (κ2) is 6.70. The van der Waals surface area contributed by atoms with Crippen LogP contribution in [0.2, 0.25) is 0 Å². The molecule has 2 N–H and O–H groups in total. The van der Waals surface area contributed by atoms with Crippen LogP contribution in [0.15, 0.2) is 23.1 Å². The van der Waals surface area contributed by atoms with Gasteiger partial charge in [0.05, 0.1) is 4.90 Å². The van der Waals surface area contributed by atoms with Gasteiger partial charge < -0.3 is 5.32 Å². The van der Waals surface area contributed by atoms with E-state index in [2.05, 4.69) is 10.0 Å². The van der Waals surface area contributed by atoms with Gasteiger partial charge in [0.1, 0.15) is 0 Å². The van der Waals surface area contributed by atoms with Crippen molar-refractivity contribution in [3.8, 4) is 0 Å². The molecule has 0 fully saturated rings. The van der Waals surface area contributed by atoms with Gasteiger partial charge >= 0.3 is 0 Å². The highest BCUT2D eigenvalue weighted by Crippen LogP contribution is 2.23. The first kappa shape index (κ1) is 15.5. The molecule has 0 unspecified atom stereocenters. The molecule has 0 bridgehead atoms. The molecule has 1 aromatic rings. The molecule has 0 saturated carbocycles. The normalized spacial score (nSPS) is 15.3. The van der Waals surface area contributed by atoms with E-state index < -0.39 is 10.0 Å². The van der Waals surface area contributed by atoms with Crippen LogP contribution in [0.4, 0.5) is 0 Å². The van der Waals surface area contributed by atoms with Crippen LogP contribution in [0.25, 0.3) is 0 Å². The summed E-state index contributed by atoms with van der Waals surface area (Å²) in [5.41, 5.74) is 2.50. The molecule has 0 aliphatic heterocycles. The largest absolute Gasteiger partial charge is 0.313 e. The van der Waals surface area contributed by atoms with E-state index in [9.17, 15) is 8.42 Å². The molecule has 0 spiro atoms. The molecule has 1 aromatic carbocycles. The van der Waals surface area contributed by atoms with Crippen LogP contribution in [-0.2, 0) is 22.9 Å². The molecule has 0 saturated heterocycles. The Morgan fingerprint density at radius 1 is 1.10 bits per heavy atom. The molecule has 0 aromatic heterocycles. The van der Waals surface area contributed by atoms with Crippen molar-refractivity contribution >= 4 is 10.0 Å². The Morgan fingerprint density at radius 3 is 2.50 bits per heavy atom. The minimum Gasteiger partial charge on any atom is -0.313 e. The molecule has 1 aliphatic carbocycles. The third kappa shape index (κ3) is 4.04. The fourth-order valence-corrected chi connectivity index (χ4v) is 3.59. The molecule has 0 atom stereocenters. The monoisotopic (exact) mass is 296 g/mol. The van der Waals surface area contributed by atoms with E-state index in [1.54, 1.807) is 6.07 Å². The minimum absolute atomic E-state index is 0.364. The number of benzene rings is 1. The molecular weight excluding hydrogens is 272 g/mol. The Morgan fingerprint density at radius 2 is 1.80 bits per heavy atom. The Bertz CT molecular complexity index is 553. The van der Waals surface area contributed by atoms with Crippen LogP contribution in [0.3, 0.4) is 0 Å². The highest BCUT2D eigenvalue weighted by molar-refractivity contribution is 7.89. The molecule has 112 valence electrons. The maximum atomic E-state index is 12.2. The average Bonchev–Trinajstić information content (AvgIpc) is 2.43. The Labute approximate surface area is 122 Å². The van der Waals surface area contributed by atoms with Gasteiger partial charge in [0.2, 0.25) is 10.0 Å². The number of nitrogens with one attached hydrogen (secondary N) is 2. The Balaban J connectivity index is 2.02. The summed E-state index contributed by atoms with van der Waals surface area (Å²) in [6, 6.07) is 5.90. The molecule has 1 aliphatic rings. The van der Waals surface area contributed by atoms with Gasteiger partial charge in [-0.3, -0.25) is 0 Å².